The number of sulfonamides is 1. The molecule has 3 atom stereocenters. The molecule has 1 aromatic carbocycles. The zero-order chi connectivity index (χ0) is 18.2. The van der Waals surface area contributed by atoms with Crippen LogP contribution in [0.15, 0.2) is 24.3 Å². The van der Waals surface area contributed by atoms with Gasteiger partial charge in [-0.3, -0.25) is 9.10 Å². The second-order valence-corrected chi connectivity index (χ2v) is 9.77. The van der Waals surface area contributed by atoms with Crippen LogP contribution in [-0.4, -0.2) is 33.2 Å². The van der Waals surface area contributed by atoms with Crippen molar-refractivity contribution in [2.45, 2.75) is 51.5 Å². The van der Waals surface area contributed by atoms with E-state index in [1.54, 1.807) is 12.1 Å². The van der Waals surface area contributed by atoms with Crippen LogP contribution in [0.3, 0.4) is 0 Å². The van der Waals surface area contributed by atoms with Crippen LogP contribution in [0.25, 0.3) is 0 Å². The van der Waals surface area contributed by atoms with Gasteiger partial charge in [0.1, 0.15) is 6.54 Å². The molecule has 1 aromatic rings. The van der Waals surface area contributed by atoms with E-state index in [0.717, 1.165) is 24.2 Å². The highest BCUT2D eigenvalue weighted by Crippen LogP contribution is 2.44. The van der Waals surface area contributed by atoms with Gasteiger partial charge in [-0.15, -0.1) is 0 Å². The fraction of sp³-hybridized carbons (Fsp3) is 0.632. The van der Waals surface area contributed by atoms with E-state index in [2.05, 4.69) is 19.2 Å². The summed E-state index contributed by atoms with van der Waals surface area (Å²) in [6.07, 6.45) is 5.85. The lowest BCUT2D eigenvalue weighted by Crippen LogP contribution is -2.45. The van der Waals surface area contributed by atoms with Crippen molar-refractivity contribution in [1.82, 2.24) is 5.32 Å². The van der Waals surface area contributed by atoms with Crippen molar-refractivity contribution >= 4 is 21.6 Å². The molecule has 138 valence electrons. The molecule has 2 aliphatic rings. The molecule has 0 aliphatic heterocycles. The fourth-order valence-corrected chi connectivity index (χ4v) is 5.09. The summed E-state index contributed by atoms with van der Waals surface area (Å²) in [7, 11) is -3.52. The Morgan fingerprint density at radius 1 is 1.20 bits per heavy atom. The number of carbonyl (C=O) groups is 1. The molecule has 2 fully saturated rings. The third kappa shape index (κ3) is 4.17. The van der Waals surface area contributed by atoms with E-state index in [4.69, 9.17) is 0 Å². The lowest BCUT2D eigenvalue weighted by atomic mass is 9.95. The van der Waals surface area contributed by atoms with E-state index in [0.29, 0.717) is 17.5 Å². The smallest absolute Gasteiger partial charge is 0.241 e. The number of benzene rings is 1. The molecular weight excluding hydrogens is 336 g/mol. The van der Waals surface area contributed by atoms with Crippen molar-refractivity contribution in [2.24, 2.45) is 11.8 Å². The molecule has 25 heavy (non-hydrogen) atoms. The number of nitrogens with one attached hydrogen (secondary N) is 1. The zero-order valence-electron chi connectivity index (χ0n) is 15.2. The van der Waals surface area contributed by atoms with Crippen LogP contribution in [-0.2, 0) is 14.8 Å². The number of amides is 1. The van der Waals surface area contributed by atoms with Gasteiger partial charge in [-0.05, 0) is 54.7 Å². The molecule has 3 rings (SSSR count). The lowest BCUT2D eigenvalue weighted by molar-refractivity contribution is -0.120. The van der Waals surface area contributed by atoms with Crippen molar-refractivity contribution < 1.29 is 13.2 Å². The molecule has 0 saturated heterocycles. The van der Waals surface area contributed by atoms with Gasteiger partial charge in [0.2, 0.25) is 15.9 Å². The van der Waals surface area contributed by atoms with Crippen LogP contribution < -0.4 is 9.62 Å². The Kier molecular flexibility index (Phi) is 5.09. The second kappa shape index (κ2) is 6.98. The van der Waals surface area contributed by atoms with Gasteiger partial charge in [-0.1, -0.05) is 32.4 Å². The summed E-state index contributed by atoms with van der Waals surface area (Å²) < 4.78 is 25.6. The SMILES string of the molecule is CC(C)c1ccc(N(CC(=O)N[C@@H]2C[C@H]3CC[C@H]2C3)S(C)(=O)=O)cc1. The van der Waals surface area contributed by atoms with Gasteiger partial charge in [0.05, 0.1) is 11.9 Å². The van der Waals surface area contributed by atoms with E-state index < -0.39 is 10.0 Å². The molecule has 1 N–H and O–H groups in total. The van der Waals surface area contributed by atoms with Gasteiger partial charge in [-0.25, -0.2) is 8.42 Å². The minimum absolute atomic E-state index is 0.159. The van der Waals surface area contributed by atoms with Crippen LogP contribution in [0.4, 0.5) is 5.69 Å². The number of rotatable bonds is 6. The van der Waals surface area contributed by atoms with E-state index in [9.17, 15) is 13.2 Å². The largest absolute Gasteiger partial charge is 0.352 e. The van der Waals surface area contributed by atoms with Crippen molar-refractivity contribution in [1.29, 1.82) is 0 Å². The fourth-order valence-electron chi connectivity index (χ4n) is 4.23. The maximum Gasteiger partial charge on any atom is 0.241 e. The van der Waals surface area contributed by atoms with Crippen LogP contribution >= 0.6 is 0 Å². The van der Waals surface area contributed by atoms with E-state index in [-0.39, 0.29) is 18.5 Å². The molecular formula is C19H28N2O3S. The summed E-state index contributed by atoms with van der Waals surface area (Å²) >= 11 is 0. The Balaban J connectivity index is 1.69. The molecule has 0 spiro atoms. The number of hydrogen-bond donors (Lipinski definition) is 1. The Bertz CT molecular complexity index is 728. The Morgan fingerprint density at radius 3 is 2.36 bits per heavy atom. The van der Waals surface area contributed by atoms with Crippen LogP contribution in [0.2, 0.25) is 0 Å². The average molecular weight is 365 g/mol. The Labute approximate surface area is 150 Å². The van der Waals surface area contributed by atoms with Crippen molar-refractivity contribution in [3.63, 3.8) is 0 Å². The van der Waals surface area contributed by atoms with Gasteiger partial charge < -0.3 is 5.32 Å². The third-order valence-electron chi connectivity index (χ3n) is 5.62. The number of hydrogen-bond acceptors (Lipinski definition) is 3. The second-order valence-electron chi connectivity index (χ2n) is 7.86. The number of anilines is 1. The summed E-state index contributed by atoms with van der Waals surface area (Å²) in [5.41, 5.74) is 1.68. The van der Waals surface area contributed by atoms with E-state index >= 15 is 0 Å². The molecule has 6 heteroatoms. The summed E-state index contributed by atoms with van der Waals surface area (Å²) in [6, 6.07) is 7.62. The molecule has 0 heterocycles. The van der Waals surface area contributed by atoms with Gasteiger partial charge >= 0.3 is 0 Å². The minimum atomic E-state index is -3.52. The normalized spacial score (nSPS) is 25.4. The first-order valence-electron chi connectivity index (χ1n) is 9.11. The molecule has 0 unspecified atom stereocenters. The molecule has 0 radical (unpaired) electrons. The maximum absolute atomic E-state index is 12.5. The minimum Gasteiger partial charge on any atom is -0.352 e. The molecule has 0 aromatic heterocycles. The Morgan fingerprint density at radius 2 is 1.88 bits per heavy atom. The average Bonchev–Trinajstić information content (AvgIpc) is 3.14. The van der Waals surface area contributed by atoms with Crippen molar-refractivity contribution in [3.8, 4) is 0 Å². The van der Waals surface area contributed by atoms with Gasteiger partial charge in [0.25, 0.3) is 0 Å². The predicted molar refractivity (Wildman–Crippen MR) is 100 cm³/mol. The highest BCUT2D eigenvalue weighted by Gasteiger charge is 2.40. The molecule has 1 amide bonds. The first-order chi connectivity index (χ1) is 11.7. The highest BCUT2D eigenvalue weighted by atomic mass is 32.2. The zero-order valence-corrected chi connectivity index (χ0v) is 16.1. The summed E-state index contributed by atoms with van der Waals surface area (Å²) in [4.78, 5) is 12.5. The van der Waals surface area contributed by atoms with Gasteiger partial charge in [0.15, 0.2) is 0 Å². The molecule has 2 aliphatic carbocycles. The number of carbonyl (C=O) groups excluding carboxylic acids is 1. The van der Waals surface area contributed by atoms with Crippen LogP contribution in [0.5, 0.6) is 0 Å². The molecule has 2 saturated carbocycles. The lowest BCUT2D eigenvalue weighted by Gasteiger charge is -2.26. The first kappa shape index (κ1) is 18.2. The third-order valence-corrected chi connectivity index (χ3v) is 6.76. The Hall–Kier alpha value is -1.56. The predicted octanol–water partition coefficient (Wildman–Crippen LogP) is 2.88. The highest BCUT2D eigenvalue weighted by molar-refractivity contribution is 7.92. The monoisotopic (exact) mass is 364 g/mol. The first-order valence-corrected chi connectivity index (χ1v) is 11.0. The summed E-state index contributed by atoms with van der Waals surface area (Å²) in [6.45, 7) is 4.02. The summed E-state index contributed by atoms with van der Waals surface area (Å²) in [5, 5.41) is 3.07. The molecule has 5 nitrogen and oxygen atoms in total. The number of nitrogens with zero attached hydrogens (tertiary/aromatic N) is 1. The van der Waals surface area contributed by atoms with Gasteiger partial charge in [-0.2, -0.15) is 0 Å². The quantitative estimate of drug-likeness (QED) is 0.844. The molecule has 2 bridgehead atoms. The van der Waals surface area contributed by atoms with Crippen LogP contribution in [0.1, 0.15) is 51.0 Å². The maximum atomic E-state index is 12.5. The topological polar surface area (TPSA) is 66.5 Å². The van der Waals surface area contributed by atoms with Crippen molar-refractivity contribution in [3.05, 3.63) is 29.8 Å². The van der Waals surface area contributed by atoms with Crippen molar-refractivity contribution in [2.75, 3.05) is 17.1 Å². The van der Waals surface area contributed by atoms with E-state index in [1.165, 1.54) is 23.6 Å². The van der Waals surface area contributed by atoms with E-state index in [1.807, 2.05) is 12.1 Å². The standard InChI is InChI=1S/C19H28N2O3S/c1-13(2)15-6-8-17(9-7-15)21(25(3,23)24)12-19(22)20-18-11-14-4-5-16(18)10-14/h6-9,13-14,16,18H,4-5,10-12H2,1-3H3,(H,20,22)/t14-,16-,18+/m0/s1. The summed E-state index contributed by atoms with van der Waals surface area (Å²) in [5.74, 6) is 1.48. The van der Waals surface area contributed by atoms with Gasteiger partial charge in [0, 0.05) is 6.04 Å². The van der Waals surface area contributed by atoms with Crippen LogP contribution in [0, 0.1) is 11.8 Å². The number of fused-ring (bicyclic) bond motifs is 2.